The number of ether oxygens (including phenoxy) is 1. The number of halogens is 1. The number of phenolic OH excluding ortho intramolecular Hbond substituents is 1. The largest absolute Gasteiger partial charge is 0.507 e. The summed E-state index contributed by atoms with van der Waals surface area (Å²) >= 11 is 5.68. The lowest BCUT2D eigenvalue weighted by molar-refractivity contribution is -0.137. The molecule has 2 amide bonds. The number of aromatic hydroxyl groups is 1. The minimum absolute atomic E-state index is 0.110. The van der Waals surface area contributed by atoms with Gasteiger partial charge in [0.05, 0.1) is 19.4 Å². The van der Waals surface area contributed by atoms with Crippen LogP contribution < -0.4 is 5.32 Å². The van der Waals surface area contributed by atoms with Crippen LogP contribution in [0.15, 0.2) is 41.0 Å². The average Bonchev–Trinajstić information content (AvgIpc) is 3.11. The Balaban J connectivity index is 1.77. The van der Waals surface area contributed by atoms with Gasteiger partial charge >= 0.3 is 5.97 Å². The average molecular weight is 381 g/mol. The Kier molecular flexibility index (Phi) is 6.62. The third-order valence-electron chi connectivity index (χ3n) is 3.35. The Morgan fingerprint density at radius 1 is 1.31 bits per heavy atom. The van der Waals surface area contributed by atoms with Crippen LogP contribution in [0.1, 0.15) is 16.1 Å². The summed E-state index contributed by atoms with van der Waals surface area (Å²) in [6.45, 7) is -0.565. The Bertz CT molecular complexity index is 791. The number of furan rings is 1. The van der Waals surface area contributed by atoms with Gasteiger partial charge in [-0.3, -0.25) is 9.59 Å². The van der Waals surface area contributed by atoms with E-state index in [0.29, 0.717) is 5.76 Å². The lowest BCUT2D eigenvalue weighted by atomic mass is 10.2. The lowest BCUT2D eigenvalue weighted by Crippen LogP contribution is -2.39. The quantitative estimate of drug-likeness (QED) is 0.706. The second-order valence-electron chi connectivity index (χ2n) is 5.34. The van der Waals surface area contributed by atoms with E-state index < -0.39 is 18.5 Å². The van der Waals surface area contributed by atoms with Crippen LogP contribution in [0.3, 0.4) is 0 Å². The van der Waals surface area contributed by atoms with E-state index in [1.54, 1.807) is 12.1 Å². The molecule has 0 saturated heterocycles. The fourth-order valence-corrected chi connectivity index (χ4v) is 2.12. The number of rotatable bonds is 7. The molecule has 0 saturated carbocycles. The van der Waals surface area contributed by atoms with Gasteiger partial charge in [0.25, 0.3) is 5.91 Å². The Labute approximate surface area is 154 Å². The number of amides is 2. The van der Waals surface area contributed by atoms with Crippen molar-refractivity contribution < 1.29 is 28.6 Å². The summed E-state index contributed by atoms with van der Waals surface area (Å²) < 4.78 is 9.93. The fraction of sp³-hybridized carbons (Fsp3) is 0.235. The van der Waals surface area contributed by atoms with Gasteiger partial charge < -0.3 is 24.5 Å². The van der Waals surface area contributed by atoms with Crippen LogP contribution >= 0.6 is 11.6 Å². The zero-order chi connectivity index (χ0) is 19.1. The molecular weight excluding hydrogens is 364 g/mol. The summed E-state index contributed by atoms with van der Waals surface area (Å²) in [4.78, 5) is 36.7. The van der Waals surface area contributed by atoms with Gasteiger partial charge in [0.1, 0.15) is 17.1 Å². The maximum Gasteiger partial charge on any atom is 0.342 e. The van der Waals surface area contributed by atoms with E-state index in [1.165, 1.54) is 31.5 Å². The van der Waals surface area contributed by atoms with Gasteiger partial charge in [-0.2, -0.15) is 0 Å². The van der Waals surface area contributed by atoms with Crippen molar-refractivity contribution in [3.63, 3.8) is 0 Å². The van der Waals surface area contributed by atoms with Gasteiger partial charge in [-0.1, -0.05) is 11.6 Å². The van der Waals surface area contributed by atoms with Crippen LogP contribution in [0.25, 0.3) is 0 Å². The van der Waals surface area contributed by atoms with Crippen LogP contribution in [-0.4, -0.2) is 48.0 Å². The fourth-order valence-electron chi connectivity index (χ4n) is 1.95. The molecule has 8 nitrogen and oxygen atoms in total. The summed E-state index contributed by atoms with van der Waals surface area (Å²) in [6, 6.07) is 7.30. The number of nitrogens with zero attached hydrogens (tertiary/aromatic N) is 1. The minimum atomic E-state index is -0.872. The summed E-state index contributed by atoms with van der Waals surface area (Å²) in [7, 11) is 1.41. The molecule has 0 aliphatic heterocycles. The summed E-state index contributed by atoms with van der Waals surface area (Å²) in [5.74, 6) is -1.59. The van der Waals surface area contributed by atoms with Crippen molar-refractivity contribution in [2.45, 2.75) is 6.54 Å². The monoisotopic (exact) mass is 380 g/mol. The first-order valence-corrected chi connectivity index (χ1v) is 7.93. The molecule has 9 heteroatoms. The highest BCUT2D eigenvalue weighted by Crippen LogP contribution is 2.22. The van der Waals surface area contributed by atoms with Crippen molar-refractivity contribution in [3.8, 4) is 5.75 Å². The van der Waals surface area contributed by atoms with E-state index in [2.05, 4.69) is 5.32 Å². The van der Waals surface area contributed by atoms with Crippen LogP contribution in [0.2, 0.25) is 5.02 Å². The van der Waals surface area contributed by atoms with E-state index in [1.807, 2.05) is 0 Å². The number of hydrogen-bond donors (Lipinski definition) is 2. The molecule has 0 atom stereocenters. The normalized spacial score (nSPS) is 10.2. The molecule has 1 aromatic carbocycles. The van der Waals surface area contributed by atoms with E-state index in [0.717, 1.165) is 4.90 Å². The van der Waals surface area contributed by atoms with Gasteiger partial charge in [-0.15, -0.1) is 0 Å². The van der Waals surface area contributed by atoms with Gasteiger partial charge in [0.2, 0.25) is 5.91 Å². The Hall–Kier alpha value is -3.00. The van der Waals surface area contributed by atoms with Crippen LogP contribution in [0, 0.1) is 0 Å². The maximum atomic E-state index is 12.0. The van der Waals surface area contributed by atoms with E-state index >= 15 is 0 Å². The molecule has 0 spiro atoms. The third kappa shape index (κ3) is 5.52. The molecule has 2 N–H and O–H groups in total. The standard InChI is InChI=1S/C17H17ClN2O6/c1-20(9-15(22)19-8-12-3-2-6-25-12)16(23)10-26-17(24)13-5-4-11(18)7-14(13)21/h2-7,21H,8-10H2,1H3,(H,19,22). The number of esters is 1. The summed E-state index contributed by atoms with van der Waals surface area (Å²) in [5.41, 5.74) is -0.110. The van der Waals surface area contributed by atoms with Gasteiger partial charge in [-0.05, 0) is 30.3 Å². The van der Waals surface area contributed by atoms with Crippen LogP contribution in [0.5, 0.6) is 5.75 Å². The molecule has 0 radical (unpaired) electrons. The molecule has 0 aliphatic carbocycles. The summed E-state index contributed by atoms with van der Waals surface area (Å²) in [5, 5.41) is 12.5. The highest BCUT2D eigenvalue weighted by Gasteiger charge is 2.18. The molecule has 0 unspecified atom stereocenters. The van der Waals surface area contributed by atoms with Crippen LogP contribution in [-0.2, 0) is 20.9 Å². The van der Waals surface area contributed by atoms with Crippen molar-refractivity contribution >= 4 is 29.4 Å². The number of phenols is 1. The molecule has 138 valence electrons. The molecular formula is C17H17ClN2O6. The summed E-state index contributed by atoms with van der Waals surface area (Å²) in [6.07, 6.45) is 1.49. The molecule has 1 heterocycles. The second-order valence-corrected chi connectivity index (χ2v) is 5.78. The number of nitrogens with one attached hydrogen (secondary N) is 1. The number of hydrogen-bond acceptors (Lipinski definition) is 6. The third-order valence-corrected chi connectivity index (χ3v) is 3.59. The molecule has 0 aliphatic rings. The highest BCUT2D eigenvalue weighted by molar-refractivity contribution is 6.30. The zero-order valence-electron chi connectivity index (χ0n) is 13.9. The highest BCUT2D eigenvalue weighted by atomic mass is 35.5. The van der Waals surface area contributed by atoms with Gasteiger partial charge in [-0.25, -0.2) is 4.79 Å². The van der Waals surface area contributed by atoms with E-state index in [-0.39, 0.29) is 35.3 Å². The molecule has 2 aromatic rings. The van der Waals surface area contributed by atoms with Crippen molar-refractivity contribution in [1.82, 2.24) is 10.2 Å². The molecule has 2 rings (SSSR count). The first kappa shape index (κ1) is 19.3. The topological polar surface area (TPSA) is 109 Å². The molecule has 0 fully saturated rings. The van der Waals surface area contributed by atoms with Gasteiger partial charge in [0, 0.05) is 12.1 Å². The second kappa shape index (κ2) is 8.91. The van der Waals surface area contributed by atoms with Gasteiger partial charge in [0.15, 0.2) is 6.61 Å². The smallest absolute Gasteiger partial charge is 0.342 e. The molecule has 26 heavy (non-hydrogen) atoms. The number of carbonyl (C=O) groups excluding carboxylic acids is 3. The maximum absolute atomic E-state index is 12.0. The Morgan fingerprint density at radius 3 is 2.73 bits per heavy atom. The lowest BCUT2D eigenvalue weighted by Gasteiger charge is -2.16. The van der Waals surface area contributed by atoms with Crippen molar-refractivity contribution in [2.24, 2.45) is 0 Å². The van der Waals surface area contributed by atoms with E-state index in [9.17, 15) is 19.5 Å². The number of carbonyl (C=O) groups is 3. The Morgan fingerprint density at radius 2 is 2.08 bits per heavy atom. The predicted molar refractivity (Wildman–Crippen MR) is 91.6 cm³/mol. The zero-order valence-corrected chi connectivity index (χ0v) is 14.7. The van der Waals surface area contributed by atoms with Crippen molar-refractivity contribution in [1.29, 1.82) is 0 Å². The minimum Gasteiger partial charge on any atom is -0.507 e. The SMILES string of the molecule is CN(CC(=O)NCc1ccco1)C(=O)COC(=O)c1ccc(Cl)cc1O. The first-order chi connectivity index (χ1) is 12.4. The van der Waals surface area contributed by atoms with Crippen LogP contribution in [0.4, 0.5) is 0 Å². The van der Waals surface area contributed by atoms with Crippen molar-refractivity contribution in [3.05, 3.63) is 52.9 Å². The number of likely N-dealkylation sites (N-methyl/N-ethyl adjacent to an activating group) is 1. The van der Waals surface area contributed by atoms with Crippen molar-refractivity contribution in [2.75, 3.05) is 20.2 Å². The molecule has 1 aromatic heterocycles. The van der Waals surface area contributed by atoms with E-state index in [4.69, 9.17) is 20.8 Å². The molecule has 0 bridgehead atoms. The predicted octanol–water partition coefficient (Wildman–Crippen LogP) is 1.57. The first-order valence-electron chi connectivity index (χ1n) is 7.55. The number of benzene rings is 1.